The van der Waals surface area contributed by atoms with Gasteiger partial charge in [-0.1, -0.05) is 6.92 Å². The lowest BCUT2D eigenvalue weighted by Gasteiger charge is -2.32. The van der Waals surface area contributed by atoms with Crippen LogP contribution < -0.4 is 0 Å². The van der Waals surface area contributed by atoms with Crippen LogP contribution in [0.5, 0.6) is 0 Å². The number of carbonyl (C=O) groups is 3. The summed E-state index contributed by atoms with van der Waals surface area (Å²) in [5.74, 6) is 1.34. The van der Waals surface area contributed by atoms with E-state index in [0.29, 0.717) is 6.42 Å². The first-order valence-corrected chi connectivity index (χ1v) is 6.00. The van der Waals surface area contributed by atoms with Crippen molar-refractivity contribution in [1.82, 2.24) is 0 Å². The van der Waals surface area contributed by atoms with Gasteiger partial charge in [0.05, 0.1) is 5.41 Å². The first kappa shape index (κ1) is 17.2. The van der Waals surface area contributed by atoms with Crippen LogP contribution in [0.1, 0.15) is 33.6 Å². The van der Waals surface area contributed by atoms with E-state index in [1.165, 1.54) is 13.8 Å². The van der Waals surface area contributed by atoms with Crippen LogP contribution in [0.2, 0.25) is 0 Å². The van der Waals surface area contributed by atoms with Crippen molar-refractivity contribution in [3.8, 4) is 12.3 Å². The molecule has 0 bridgehead atoms. The zero-order chi connectivity index (χ0) is 14.9. The van der Waals surface area contributed by atoms with Crippen molar-refractivity contribution in [3.05, 3.63) is 0 Å². The number of aldehydes is 1. The Balaban J connectivity index is 4.96. The van der Waals surface area contributed by atoms with E-state index in [1.807, 2.05) is 0 Å². The molecule has 0 amide bonds. The lowest BCUT2D eigenvalue weighted by atomic mass is 9.78. The molecule has 0 aliphatic rings. The fourth-order valence-electron chi connectivity index (χ4n) is 1.79. The van der Waals surface area contributed by atoms with Crippen LogP contribution in [0, 0.1) is 23.7 Å². The smallest absolute Gasteiger partial charge is 0.302 e. The highest BCUT2D eigenvalue weighted by molar-refractivity contribution is 5.66. The van der Waals surface area contributed by atoms with Crippen molar-refractivity contribution in [1.29, 1.82) is 0 Å². The number of rotatable bonds is 8. The van der Waals surface area contributed by atoms with Crippen molar-refractivity contribution >= 4 is 18.2 Å². The van der Waals surface area contributed by atoms with Crippen LogP contribution in [0.25, 0.3) is 0 Å². The molecule has 106 valence electrons. The summed E-state index contributed by atoms with van der Waals surface area (Å²) >= 11 is 0. The van der Waals surface area contributed by atoms with Crippen LogP contribution in [-0.2, 0) is 23.9 Å². The van der Waals surface area contributed by atoms with E-state index in [2.05, 4.69) is 5.92 Å². The second-order valence-corrected chi connectivity index (χ2v) is 4.76. The minimum absolute atomic E-state index is 0.0258. The average molecular weight is 268 g/mol. The fraction of sp³-hybridized carbons (Fsp3) is 0.643. The van der Waals surface area contributed by atoms with Gasteiger partial charge in [0.25, 0.3) is 0 Å². The molecule has 0 fully saturated rings. The van der Waals surface area contributed by atoms with Crippen molar-refractivity contribution in [2.45, 2.75) is 33.6 Å². The number of ether oxygens (including phenoxy) is 2. The molecule has 1 atom stereocenters. The van der Waals surface area contributed by atoms with E-state index in [0.717, 1.165) is 6.29 Å². The summed E-state index contributed by atoms with van der Waals surface area (Å²) in [4.78, 5) is 32.7. The number of terminal acetylenes is 1. The van der Waals surface area contributed by atoms with E-state index < -0.39 is 17.4 Å². The average Bonchev–Trinajstić information content (AvgIpc) is 2.34. The maximum Gasteiger partial charge on any atom is 0.302 e. The summed E-state index contributed by atoms with van der Waals surface area (Å²) in [6.45, 7) is 4.36. The number of carbonyl (C=O) groups excluding carboxylic acids is 3. The molecular weight excluding hydrogens is 248 g/mol. The standard InChI is InChI=1S/C14H20O5/c1-5-6-14(7-11(2)8-15,9-18-12(3)16)10-19-13(4)17/h1,8,11H,6-7,9-10H2,2-4H3. The monoisotopic (exact) mass is 268 g/mol. The predicted octanol–water partition coefficient (Wildman–Crippen LogP) is 1.35. The lowest BCUT2D eigenvalue weighted by Crippen LogP contribution is -2.35. The Hall–Kier alpha value is -1.83. The minimum Gasteiger partial charge on any atom is -0.465 e. The molecule has 5 heteroatoms. The highest BCUT2D eigenvalue weighted by atomic mass is 16.5. The minimum atomic E-state index is -0.716. The summed E-state index contributed by atoms with van der Waals surface area (Å²) in [6, 6.07) is 0. The highest BCUT2D eigenvalue weighted by Crippen LogP contribution is 2.31. The van der Waals surface area contributed by atoms with Gasteiger partial charge in [0, 0.05) is 26.2 Å². The third-order valence-electron chi connectivity index (χ3n) is 2.63. The summed E-state index contributed by atoms with van der Waals surface area (Å²) in [6.07, 6.45) is 6.77. The van der Waals surface area contributed by atoms with Crippen LogP contribution in [0.3, 0.4) is 0 Å². The second-order valence-electron chi connectivity index (χ2n) is 4.76. The molecule has 0 aromatic heterocycles. The van der Waals surface area contributed by atoms with Crippen molar-refractivity contribution in [2.75, 3.05) is 13.2 Å². The molecule has 0 spiro atoms. The van der Waals surface area contributed by atoms with Gasteiger partial charge in [-0.15, -0.1) is 12.3 Å². The zero-order valence-electron chi connectivity index (χ0n) is 11.6. The largest absolute Gasteiger partial charge is 0.465 e. The molecule has 0 aliphatic heterocycles. The van der Waals surface area contributed by atoms with E-state index in [4.69, 9.17) is 15.9 Å². The van der Waals surface area contributed by atoms with Gasteiger partial charge in [0.1, 0.15) is 19.5 Å². The maximum absolute atomic E-state index is 10.9. The molecule has 0 heterocycles. The third-order valence-corrected chi connectivity index (χ3v) is 2.63. The molecule has 0 radical (unpaired) electrons. The Morgan fingerprint density at radius 1 is 1.26 bits per heavy atom. The van der Waals surface area contributed by atoms with Gasteiger partial charge in [0.2, 0.25) is 0 Å². The Labute approximate surface area is 113 Å². The van der Waals surface area contributed by atoms with Gasteiger partial charge < -0.3 is 14.3 Å². The van der Waals surface area contributed by atoms with Crippen molar-refractivity contribution < 1.29 is 23.9 Å². The Morgan fingerprint density at radius 2 is 1.74 bits per heavy atom. The predicted molar refractivity (Wildman–Crippen MR) is 69.0 cm³/mol. The molecule has 0 aromatic carbocycles. The molecule has 0 rings (SSSR count). The van der Waals surface area contributed by atoms with Gasteiger partial charge >= 0.3 is 11.9 Å². The van der Waals surface area contributed by atoms with Gasteiger partial charge in [0.15, 0.2) is 0 Å². The van der Waals surface area contributed by atoms with Crippen molar-refractivity contribution in [2.24, 2.45) is 11.3 Å². The quantitative estimate of drug-likeness (QED) is 0.377. The Kier molecular flexibility index (Phi) is 7.50. The van der Waals surface area contributed by atoms with E-state index in [-0.39, 0.29) is 25.6 Å². The number of hydrogen-bond donors (Lipinski definition) is 0. The van der Waals surface area contributed by atoms with Gasteiger partial charge in [-0.2, -0.15) is 0 Å². The van der Waals surface area contributed by atoms with Crippen molar-refractivity contribution in [3.63, 3.8) is 0 Å². The molecular formula is C14H20O5. The topological polar surface area (TPSA) is 69.7 Å². The SMILES string of the molecule is C#CCC(COC(C)=O)(COC(C)=O)CC(C)C=O. The maximum atomic E-state index is 10.9. The van der Waals surface area contributed by atoms with Gasteiger partial charge in [-0.25, -0.2) is 0 Å². The second kappa shape index (κ2) is 8.30. The number of hydrogen-bond acceptors (Lipinski definition) is 5. The molecule has 0 aliphatic carbocycles. The summed E-state index contributed by atoms with van der Waals surface area (Å²) in [7, 11) is 0. The molecule has 1 unspecified atom stereocenters. The van der Waals surface area contributed by atoms with E-state index >= 15 is 0 Å². The van der Waals surface area contributed by atoms with Crippen LogP contribution in [0.4, 0.5) is 0 Å². The first-order chi connectivity index (χ1) is 8.85. The van der Waals surface area contributed by atoms with Gasteiger partial charge in [-0.05, 0) is 6.42 Å². The van der Waals surface area contributed by atoms with Crippen LogP contribution in [0.15, 0.2) is 0 Å². The van der Waals surface area contributed by atoms with Crippen LogP contribution >= 0.6 is 0 Å². The lowest BCUT2D eigenvalue weighted by molar-refractivity contribution is -0.152. The molecule has 0 saturated heterocycles. The molecule has 5 nitrogen and oxygen atoms in total. The zero-order valence-corrected chi connectivity index (χ0v) is 11.6. The van der Waals surface area contributed by atoms with E-state index in [1.54, 1.807) is 6.92 Å². The summed E-state index contributed by atoms with van der Waals surface area (Å²) in [5, 5.41) is 0. The first-order valence-electron chi connectivity index (χ1n) is 6.00. The third kappa shape index (κ3) is 7.24. The normalized spacial score (nSPS) is 12.1. The molecule has 0 N–H and O–H groups in total. The summed E-state index contributed by atoms with van der Waals surface area (Å²) < 4.78 is 9.99. The Bertz CT molecular complexity index is 349. The molecule has 0 aromatic rings. The highest BCUT2D eigenvalue weighted by Gasteiger charge is 2.34. The fourth-order valence-corrected chi connectivity index (χ4v) is 1.79. The Morgan fingerprint density at radius 3 is 2.05 bits per heavy atom. The molecule has 0 saturated carbocycles. The summed E-state index contributed by atoms with van der Waals surface area (Å²) in [5.41, 5.74) is -0.716. The van der Waals surface area contributed by atoms with Crippen LogP contribution in [-0.4, -0.2) is 31.4 Å². The number of esters is 2. The van der Waals surface area contributed by atoms with E-state index in [9.17, 15) is 14.4 Å². The molecule has 19 heavy (non-hydrogen) atoms. The van der Waals surface area contributed by atoms with Gasteiger partial charge in [-0.3, -0.25) is 9.59 Å².